The first-order valence-electron chi connectivity index (χ1n) is 7.97. The first kappa shape index (κ1) is 18.1. The molecule has 0 amide bonds. The summed E-state index contributed by atoms with van der Waals surface area (Å²) in [5.74, 6) is 11.2. The number of hydrogen-bond donors (Lipinski definition) is 1. The second-order valence-corrected chi connectivity index (χ2v) is 5.89. The lowest BCUT2D eigenvalue weighted by Gasteiger charge is -2.24. The van der Waals surface area contributed by atoms with Crippen LogP contribution in [0, 0.1) is 23.7 Å². The van der Waals surface area contributed by atoms with Gasteiger partial charge in [0, 0.05) is 12.8 Å². The summed E-state index contributed by atoms with van der Waals surface area (Å²) in [7, 11) is 0. The van der Waals surface area contributed by atoms with Gasteiger partial charge in [0.05, 0.1) is 6.61 Å². The zero-order chi connectivity index (χ0) is 15.8. The number of ether oxygens (including phenoxy) is 2. The van der Waals surface area contributed by atoms with E-state index in [4.69, 9.17) is 9.47 Å². The fourth-order valence-corrected chi connectivity index (χ4v) is 2.01. The van der Waals surface area contributed by atoms with Crippen LogP contribution in [0.5, 0.6) is 0 Å². The van der Waals surface area contributed by atoms with Crippen molar-refractivity contribution in [2.75, 3.05) is 6.61 Å². The predicted molar refractivity (Wildman–Crippen MR) is 84.5 cm³/mol. The fourth-order valence-electron chi connectivity index (χ4n) is 2.01. The average Bonchev–Trinajstić information content (AvgIpc) is 2.81. The SMILES string of the molecule is CCCCC#CC(O)(C#CCCCC)C1COC(C)(C)O1. The molecule has 1 rings (SSSR count). The third-order valence-corrected chi connectivity index (χ3v) is 3.34. The van der Waals surface area contributed by atoms with E-state index in [2.05, 4.69) is 37.5 Å². The van der Waals surface area contributed by atoms with Crippen LogP contribution in [0.25, 0.3) is 0 Å². The molecule has 1 N–H and O–H groups in total. The summed E-state index contributed by atoms with van der Waals surface area (Å²) in [5, 5.41) is 10.8. The van der Waals surface area contributed by atoms with Crippen LogP contribution in [-0.4, -0.2) is 29.2 Å². The summed E-state index contributed by atoms with van der Waals surface area (Å²) < 4.78 is 11.3. The van der Waals surface area contributed by atoms with Crippen LogP contribution in [0.4, 0.5) is 0 Å². The molecule has 0 aromatic rings. The maximum atomic E-state index is 10.8. The van der Waals surface area contributed by atoms with Crippen LogP contribution in [-0.2, 0) is 9.47 Å². The van der Waals surface area contributed by atoms with E-state index in [0.717, 1.165) is 38.5 Å². The van der Waals surface area contributed by atoms with Crippen molar-refractivity contribution in [2.45, 2.75) is 83.7 Å². The molecular weight excluding hydrogens is 264 g/mol. The van der Waals surface area contributed by atoms with Crippen LogP contribution >= 0.6 is 0 Å². The Morgan fingerprint density at radius 3 is 2.00 bits per heavy atom. The summed E-state index contributed by atoms with van der Waals surface area (Å²) in [6, 6.07) is 0. The first-order chi connectivity index (χ1) is 9.93. The molecule has 1 aliphatic heterocycles. The minimum atomic E-state index is -1.44. The number of hydrogen-bond acceptors (Lipinski definition) is 3. The molecule has 0 radical (unpaired) electrons. The third kappa shape index (κ3) is 6.10. The van der Waals surface area contributed by atoms with Gasteiger partial charge in [0.15, 0.2) is 5.79 Å². The Hall–Kier alpha value is -1.00. The highest BCUT2D eigenvalue weighted by Crippen LogP contribution is 2.28. The van der Waals surface area contributed by atoms with Gasteiger partial charge < -0.3 is 14.6 Å². The van der Waals surface area contributed by atoms with E-state index in [0.29, 0.717) is 6.61 Å². The maximum Gasteiger partial charge on any atom is 0.216 e. The lowest BCUT2D eigenvalue weighted by Crippen LogP contribution is -2.42. The maximum absolute atomic E-state index is 10.8. The molecule has 0 aromatic carbocycles. The molecule has 3 heteroatoms. The Morgan fingerprint density at radius 1 is 1.10 bits per heavy atom. The van der Waals surface area contributed by atoms with Crippen molar-refractivity contribution in [1.29, 1.82) is 0 Å². The van der Waals surface area contributed by atoms with Gasteiger partial charge in [-0.05, 0) is 26.7 Å². The van der Waals surface area contributed by atoms with Crippen molar-refractivity contribution in [3.8, 4) is 23.7 Å². The summed E-state index contributed by atoms with van der Waals surface area (Å²) in [6.45, 7) is 8.23. The van der Waals surface area contributed by atoms with Gasteiger partial charge in [-0.25, -0.2) is 0 Å². The van der Waals surface area contributed by atoms with Crippen LogP contribution < -0.4 is 0 Å². The lowest BCUT2D eigenvalue weighted by molar-refractivity contribution is -0.153. The van der Waals surface area contributed by atoms with Crippen LogP contribution in [0.2, 0.25) is 0 Å². The zero-order valence-corrected chi connectivity index (χ0v) is 13.8. The van der Waals surface area contributed by atoms with E-state index in [1.54, 1.807) is 0 Å². The topological polar surface area (TPSA) is 38.7 Å². The summed E-state index contributed by atoms with van der Waals surface area (Å²) in [5.41, 5.74) is -1.44. The van der Waals surface area contributed by atoms with Gasteiger partial charge in [0.1, 0.15) is 6.10 Å². The Balaban J connectivity index is 2.81. The Morgan fingerprint density at radius 2 is 1.62 bits per heavy atom. The van der Waals surface area contributed by atoms with E-state index in [9.17, 15) is 5.11 Å². The lowest BCUT2D eigenvalue weighted by atomic mass is 9.97. The smallest absolute Gasteiger partial charge is 0.216 e. The first-order valence-corrected chi connectivity index (χ1v) is 7.97. The summed E-state index contributed by atoms with van der Waals surface area (Å²) in [4.78, 5) is 0. The van der Waals surface area contributed by atoms with Crippen molar-refractivity contribution in [3.05, 3.63) is 0 Å². The Kier molecular flexibility index (Phi) is 7.26. The number of rotatable bonds is 5. The molecule has 1 fully saturated rings. The van der Waals surface area contributed by atoms with Gasteiger partial charge in [-0.3, -0.25) is 0 Å². The standard InChI is InChI=1S/C18H28O3/c1-5-7-9-11-13-18(19,14-12-10-8-6-2)16-15-20-17(3,4)21-16/h16,19H,5-10,15H2,1-4H3. The molecule has 0 spiro atoms. The van der Waals surface area contributed by atoms with E-state index in [1.165, 1.54) is 0 Å². The van der Waals surface area contributed by atoms with Gasteiger partial charge in [0.2, 0.25) is 5.60 Å². The monoisotopic (exact) mass is 292 g/mol. The molecule has 3 nitrogen and oxygen atoms in total. The van der Waals surface area contributed by atoms with Crippen LogP contribution in [0.15, 0.2) is 0 Å². The second-order valence-electron chi connectivity index (χ2n) is 5.89. The highest BCUT2D eigenvalue weighted by molar-refractivity contribution is 5.32. The van der Waals surface area contributed by atoms with Crippen LogP contribution in [0.3, 0.4) is 0 Å². The summed E-state index contributed by atoms with van der Waals surface area (Å²) in [6.07, 6.45) is 5.26. The average molecular weight is 292 g/mol. The minimum absolute atomic E-state index is 0.314. The van der Waals surface area contributed by atoms with Crippen molar-refractivity contribution >= 4 is 0 Å². The molecule has 1 saturated heterocycles. The van der Waals surface area contributed by atoms with Gasteiger partial charge in [-0.15, -0.1) is 0 Å². The molecule has 1 aliphatic rings. The third-order valence-electron chi connectivity index (χ3n) is 3.34. The molecule has 0 saturated carbocycles. The predicted octanol–water partition coefficient (Wildman–Crippen LogP) is 3.26. The van der Waals surface area contributed by atoms with Crippen molar-refractivity contribution in [1.82, 2.24) is 0 Å². The van der Waals surface area contributed by atoms with E-state index >= 15 is 0 Å². The minimum Gasteiger partial charge on any atom is -0.365 e. The number of aliphatic hydroxyl groups is 1. The van der Waals surface area contributed by atoms with Crippen molar-refractivity contribution in [3.63, 3.8) is 0 Å². The normalized spacial score (nSPS) is 20.3. The molecule has 118 valence electrons. The van der Waals surface area contributed by atoms with Gasteiger partial charge in [-0.1, -0.05) is 50.4 Å². The zero-order valence-electron chi connectivity index (χ0n) is 13.8. The Bertz CT molecular complexity index is 405. The largest absolute Gasteiger partial charge is 0.365 e. The molecular formula is C18H28O3. The molecule has 0 aromatic heterocycles. The Labute approximate surface area is 129 Å². The molecule has 0 aliphatic carbocycles. The number of unbranched alkanes of at least 4 members (excludes halogenated alkanes) is 4. The van der Waals surface area contributed by atoms with Gasteiger partial charge in [-0.2, -0.15) is 0 Å². The van der Waals surface area contributed by atoms with Crippen molar-refractivity contribution < 1.29 is 14.6 Å². The molecule has 1 unspecified atom stereocenters. The van der Waals surface area contributed by atoms with E-state index in [-0.39, 0.29) is 0 Å². The highest BCUT2D eigenvalue weighted by Gasteiger charge is 2.44. The second kappa shape index (κ2) is 8.44. The van der Waals surface area contributed by atoms with Crippen molar-refractivity contribution in [2.24, 2.45) is 0 Å². The molecule has 21 heavy (non-hydrogen) atoms. The van der Waals surface area contributed by atoms with Crippen LogP contribution in [0.1, 0.15) is 66.2 Å². The quantitative estimate of drug-likeness (QED) is 0.624. The molecule has 1 heterocycles. The highest BCUT2D eigenvalue weighted by atomic mass is 16.7. The molecule has 0 bridgehead atoms. The van der Waals surface area contributed by atoms with E-state index in [1.807, 2.05) is 13.8 Å². The van der Waals surface area contributed by atoms with Gasteiger partial charge >= 0.3 is 0 Å². The van der Waals surface area contributed by atoms with E-state index < -0.39 is 17.5 Å². The molecule has 1 atom stereocenters. The fraction of sp³-hybridized carbons (Fsp3) is 0.778. The van der Waals surface area contributed by atoms with Gasteiger partial charge in [0.25, 0.3) is 0 Å². The summed E-state index contributed by atoms with van der Waals surface area (Å²) >= 11 is 0.